The second kappa shape index (κ2) is 7.40. The Morgan fingerprint density at radius 2 is 2.04 bits per heavy atom. The molecule has 2 unspecified atom stereocenters. The van der Waals surface area contributed by atoms with Crippen molar-refractivity contribution in [2.75, 3.05) is 13.2 Å². The van der Waals surface area contributed by atoms with Gasteiger partial charge in [0.1, 0.15) is 24.4 Å². The molecule has 126 valence electrons. The van der Waals surface area contributed by atoms with Gasteiger partial charge in [0.25, 0.3) is 0 Å². The molecule has 1 aromatic carbocycles. The number of amides is 1. The van der Waals surface area contributed by atoms with Crippen molar-refractivity contribution >= 4 is 5.91 Å². The average molecular weight is 321 g/mol. The van der Waals surface area contributed by atoms with E-state index >= 15 is 0 Å². The molecule has 1 N–H and O–H groups in total. The zero-order chi connectivity index (χ0) is 16.2. The van der Waals surface area contributed by atoms with E-state index in [1.165, 1.54) is 6.92 Å². The Morgan fingerprint density at radius 1 is 1.26 bits per heavy atom. The van der Waals surface area contributed by atoms with Crippen LogP contribution in [0.15, 0.2) is 30.3 Å². The van der Waals surface area contributed by atoms with Gasteiger partial charge in [-0.2, -0.15) is 0 Å². The number of fused-ring (bicyclic) bond motifs is 2. The van der Waals surface area contributed by atoms with E-state index < -0.39 is 6.29 Å². The molecule has 2 fully saturated rings. The highest BCUT2D eigenvalue weighted by Gasteiger charge is 2.52. The van der Waals surface area contributed by atoms with E-state index in [0.717, 1.165) is 5.56 Å². The molecule has 0 radical (unpaired) electrons. The number of carbonyl (C=O) groups excluding carboxylic acids is 1. The van der Waals surface area contributed by atoms with Crippen LogP contribution in [0.25, 0.3) is 0 Å². The third-order valence-electron chi connectivity index (χ3n) is 4.09. The lowest BCUT2D eigenvalue weighted by Crippen LogP contribution is -2.62. The lowest BCUT2D eigenvalue weighted by molar-refractivity contribution is -0.214. The van der Waals surface area contributed by atoms with Crippen molar-refractivity contribution in [1.82, 2.24) is 5.32 Å². The van der Waals surface area contributed by atoms with Gasteiger partial charge < -0.3 is 24.3 Å². The second-order valence-corrected chi connectivity index (χ2v) is 5.78. The summed E-state index contributed by atoms with van der Waals surface area (Å²) in [5.74, 6) is -0.140. The summed E-state index contributed by atoms with van der Waals surface area (Å²) < 4.78 is 23.5. The van der Waals surface area contributed by atoms with Crippen molar-refractivity contribution < 1.29 is 23.7 Å². The van der Waals surface area contributed by atoms with Crippen molar-refractivity contribution in [2.24, 2.45) is 0 Å². The van der Waals surface area contributed by atoms with Crippen LogP contribution in [0.3, 0.4) is 0 Å². The Labute approximate surface area is 136 Å². The molecule has 6 nitrogen and oxygen atoms in total. The van der Waals surface area contributed by atoms with Crippen LogP contribution in [0.4, 0.5) is 0 Å². The van der Waals surface area contributed by atoms with Gasteiger partial charge in [-0.3, -0.25) is 4.79 Å². The van der Waals surface area contributed by atoms with Crippen molar-refractivity contribution in [3.8, 4) is 0 Å². The minimum absolute atomic E-state index is 0.140. The van der Waals surface area contributed by atoms with Gasteiger partial charge in [-0.25, -0.2) is 0 Å². The zero-order valence-corrected chi connectivity index (χ0v) is 13.4. The van der Waals surface area contributed by atoms with E-state index in [-0.39, 0.29) is 30.3 Å². The van der Waals surface area contributed by atoms with Crippen LogP contribution < -0.4 is 5.32 Å². The Morgan fingerprint density at radius 3 is 2.74 bits per heavy atom. The predicted octanol–water partition coefficient (Wildman–Crippen LogP) is 1.24. The standard InChI is InChI=1S/C17H23NO5/c1-3-20-16-14(18-11(2)19)17-22-10-13(23-17)15(16)21-9-12-7-5-4-6-8-12/h4-8,13-17H,3,9-10H2,1-2H3,(H,18,19)/t13?,14?,15-,16+,17-/m1/s1. The second-order valence-electron chi connectivity index (χ2n) is 5.78. The normalized spacial score (nSPS) is 32.7. The van der Waals surface area contributed by atoms with E-state index in [1.807, 2.05) is 37.3 Å². The van der Waals surface area contributed by atoms with Crippen LogP contribution in [0, 0.1) is 0 Å². The van der Waals surface area contributed by atoms with Gasteiger partial charge in [-0.05, 0) is 12.5 Å². The number of carbonyl (C=O) groups is 1. The molecule has 2 bridgehead atoms. The third kappa shape index (κ3) is 3.72. The molecular weight excluding hydrogens is 298 g/mol. The van der Waals surface area contributed by atoms with Crippen molar-refractivity contribution in [1.29, 1.82) is 0 Å². The van der Waals surface area contributed by atoms with Gasteiger partial charge in [-0.15, -0.1) is 0 Å². The first-order valence-electron chi connectivity index (χ1n) is 8.00. The molecule has 0 aliphatic carbocycles. The molecule has 6 heteroatoms. The summed E-state index contributed by atoms with van der Waals surface area (Å²) >= 11 is 0. The summed E-state index contributed by atoms with van der Waals surface area (Å²) in [7, 11) is 0. The van der Waals surface area contributed by atoms with Crippen molar-refractivity contribution in [3.05, 3.63) is 35.9 Å². The fourth-order valence-corrected chi connectivity index (χ4v) is 3.12. The van der Waals surface area contributed by atoms with E-state index in [1.54, 1.807) is 0 Å². The van der Waals surface area contributed by atoms with E-state index in [2.05, 4.69) is 5.32 Å². The Hall–Kier alpha value is -1.47. The Balaban J connectivity index is 1.73. The van der Waals surface area contributed by atoms with Crippen LogP contribution in [-0.2, 0) is 30.3 Å². The summed E-state index contributed by atoms with van der Waals surface area (Å²) in [4.78, 5) is 11.5. The number of rotatable bonds is 6. The predicted molar refractivity (Wildman–Crippen MR) is 82.7 cm³/mol. The monoisotopic (exact) mass is 321 g/mol. The van der Waals surface area contributed by atoms with Crippen molar-refractivity contribution in [2.45, 2.75) is 51.1 Å². The average Bonchev–Trinajstić information content (AvgIpc) is 2.97. The molecule has 0 aromatic heterocycles. The maximum Gasteiger partial charge on any atom is 0.217 e. The number of hydrogen-bond donors (Lipinski definition) is 1. The molecule has 3 rings (SSSR count). The van der Waals surface area contributed by atoms with Gasteiger partial charge >= 0.3 is 0 Å². The van der Waals surface area contributed by atoms with E-state index in [0.29, 0.717) is 19.8 Å². The number of nitrogens with one attached hydrogen (secondary N) is 1. The first-order valence-corrected chi connectivity index (χ1v) is 8.00. The summed E-state index contributed by atoms with van der Waals surface area (Å²) in [6.07, 6.45) is -1.23. The molecule has 0 spiro atoms. The molecule has 2 aliphatic heterocycles. The van der Waals surface area contributed by atoms with Crippen molar-refractivity contribution in [3.63, 3.8) is 0 Å². The maximum atomic E-state index is 11.5. The fourth-order valence-electron chi connectivity index (χ4n) is 3.12. The summed E-state index contributed by atoms with van der Waals surface area (Å²) in [6, 6.07) is 9.58. The number of benzene rings is 1. The maximum absolute atomic E-state index is 11.5. The smallest absolute Gasteiger partial charge is 0.217 e. The number of hydrogen-bond acceptors (Lipinski definition) is 5. The lowest BCUT2D eigenvalue weighted by atomic mass is 9.98. The Kier molecular flexibility index (Phi) is 5.27. The highest BCUT2D eigenvalue weighted by Crippen LogP contribution is 2.32. The van der Waals surface area contributed by atoms with Gasteiger partial charge in [0.05, 0.1) is 13.2 Å². The molecule has 5 atom stereocenters. The molecule has 23 heavy (non-hydrogen) atoms. The van der Waals surface area contributed by atoms with Gasteiger partial charge in [0.2, 0.25) is 5.91 Å². The quantitative estimate of drug-likeness (QED) is 0.854. The molecule has 0 saturated carbocycles. The highest BCUT2D eigenvalue weighted by atomic mass is 16.7. The van der Waals surface area contributed by atoms with E-state index in [9.17, 15) is 4.79 Å². The number of ether oxygens (including phenoxy) is 4. The van der Waals surface area contributed by atoms with Crippen LogP contribution in [0.5, 0.6) is 0 Å². The first kappa shape index (κ1) is 16.4. The first-order chi connectivity index (χ1) is 11.2. The highest BCUT2D eigenvalue weighted by molar-refractivity contribution is 5.73. The fraction of sp³-hybridized carbons (Fsp3) is 0.588. The van der Waals surface area contributed by atoms with Crippen LogP contribution in [0.2, 0.25) is 0 Å². The molecular formula is C17H23NO5. The third-order valence-corrected chi connectivity index (χ3v) is 4.09. The molecule has 2 heterocycles. The molecule has 2 aliphatic rings. The van der Waals surface area contributed by atoms with E-state index in [4.69, 9.17) is 18.9 Å². The Bertz CT molecular complexity index is 523. The van der Waals surface area contributed by atoms with Crippen LogP contribution in [-0.4, -0.2) is 49.8 Å². The molecule has 1 amide bonds. The molecule has 2 saturated heterocycles. The lowest BCUT2D eigenvalue weighted by Gasteiger charge is -2.40. The van der Waals surface area contributed by atoms with Gasteiger partial charge in [-0.1, -0.05) is 30.3 Å². The largest absolute Gasteiger partial charge is 0.373 e. The molecule has 1 aromatic rings. The SMILES string of the molecule is CCO[C@H]1C(NC(C)=O)[C@@H]2OCC(O2)[C@H]1OCc1ccccc1. The van der Waals surface area contributed by atoms with Gasteiger partial charge in [0, 0.05) is 13.5 Å². The van der Waals surface area contributed by atoms with Crippen LogP contribution >= 0.6 is 0 Å². The zero-order valence-electron chi connectivity index (χ0n) is 13.4. The van der Waals surface area contributed by atoms with Crippen LogP contribution in [0.1, 0.15) is 19.4 Å². The summed E-state index contributed by atoms with van der Waals surface area (Å²) in [5, 5.41) is 2.88. The topological polar surface area (TPSA) is 66.0 Å². The van der Waals surface area contributed by atoms with Gasteiger partial charge in [0.15, 0.2) is 6.29 Å². The summed E-state index contributed by atoms with van der Waals surface area (Å²) in [5.41, 5.74) is 1.08. The minimum Gasteiger partial charge on any atom is -0.373 e. The summed E-state index contributed by atoms with van der Waals surface area (Å²) in [6.45, 7) is 4.85. The minimum atomic E-state index is -0.475.